The van der Waals surface area contributed by atoms with Gasteiger partial charge in [0.1, 0.15) is 0 Å². The molecule has 0 aliphatic rings. The number of rotatable bonds is 5. The van der Waals surface area contributed by atoms with E-state index in [0.29, 0.717) is 6.42 Å². The third-order valence-corrected chi connectivity index (χ3v) is 3.85. The molecule has 0 fully saturated rings. The van der Waals surface area contributed by atoms with E-state index >= 15 is 0 Å². The highest BCUT2D eigenvalue weighted by molar-refractivity contribution is 5.91. The predicted molar refractivity (Wildman–Crippen MR) is 91.0 cm³/mol. The first-order valence-corrected chi connectivity index (χ1v) is 7.64. The van der Waals surface area contributed by atoms with Crippen LogP contribution in [0.2, 0.25) is 0 Å². The number of aromatic amines is 1. The first kappa shape index (κ1) is 14.4. The van der Waals surface area contributed by atoms with Crippen molar-refractivity contribution in [3.8, 4) is 0 Å². The Morgan fingerprint density at radius 2 is 1.86 bits per heavy atom. The van der Waals surface area contributed by atoms with Crippen LogP contribution in [0.1, 0.15) is 24.1 Å². The fraction of sp³-hybridized carbons (Fsp3) is 0.211. The smallest absolute Gasteiger partial charge is 0.224 e. The molecule has 0 radical (unpaired) electrons. The number of hydrogen-bond acceptors (Lipinski definition) is 1. The zero-order chi connectivity index (χ0) is 15.4. The number of carbonyl (C=O) groups excluding carboxylic acids is 1. The molecule has 0 atom stereocenters. The molecule has 3 aromatic rings. The van der Waals surface area contributed by atoms with Crippen LogP contribution in [0, 0.1) is 6.92 Å². The van der Waals surface area contributed by atoms with Crippen molar-refractivity contribution in [1.82, 2.24) is 4.98 Å². The summed E-state index contributed by atoms with van der Waals surface area (Å²) in [6.07, 6.45) is 2.25. The number of carbonyl (C=O) groups is 1. The average molecular weight is 292 g/mol. The SMILES string of the molecule is Cc1ccccc1NC(=O)CCCc1cc2ccccc2[nH]1. The van der Waals surface area contributed by atoms with Gasteiger partial charge in [0, 0.05) is 23.3 Å². The van der Waals surface area contributed by atoms with Gasteiger partial charge >= 0.3 is 0 Å². The molecule has 22 heavy (non-hydrogen) atoms. The van der Waals surface area contributed by atoms with Crippen LogP contribution >= 0.6 is 0 Å². The highest BCUT2D eigenvalue weighted by Gasteiger charge is 2.05. The van der Waals surface area contributed by atoms with E-state index in [1.807, 2.05) is 43.3 Å². The van der Waals surface area contributed by atoms with Gasteiger partial charge in [-0.2, -0.15) is 0 Å². The molecule has 0 unspecified atom stereocenters. The molecule has 0 saturated heterocycles. The van der Waals surface area contributed by atoms with Crippen molar-refractivity contribution in [2.24, 2.45) is 0 Å². The van der Waals surface area contributed by atoms with Gasteiger partial charge in [0.15, 0.2) is 0 Å². The molecule has 1 heterocycles. The highest BCUT2D eigenvalue weighted by Crippen LogP contribution is 2.17. The van der Waals surface area contributed by atoms with Crippen molar-refractivity contribution in [2.45, 2.75) is 26.2 Å². The van der Waals surface area contributed by atoms with Gasteiger partial charge in [-0.3, -0.25) is 4.79 Å². The van der Waals surface area contributed by atoms with Crippen LogP contribution in [0.4, 0.5) is 5.69 Å². The summed E-state index contributed by atoms with van der Waals surface area (Å²) in [6, 6.07) is 18.2. The number of hydrogen-bond donors (Lipinski definition) is 2. The molecule has 0 aliphatic heterocycles. The number of nitrogens with one attached hydrogen (secondary N) is 2. The molecule has 1 aromatic heterocycles. The van der Waals surface area contributed by atoms with Gasteiger partial charge in [-0.25, -0.2) is 0 Å². The normalized spacial score (nSPS) is 10.8. The second kappa shape index (κ2) is 6.48. The maximum absolute atomic E-state index is 12.0. The van der Waals surface area contributed by atoms with Crippen molar-refractivity contribution < 1.29 is 4.79 Å². The molecule has 0 aliphatic carbocycles. The molecule has 2 N–H and O–H groups in total. The van der Waals surface area contributed by atoms with Crippen LogP contribution in [0.25, 0.3) is 10.9 Å². The summed E-state index contributed by atoms with van der Waals surface area (Å²) in [6.45, 7) is 2.00. The number of amides is 1. The lowest BCUT2D eigenvalue weighted by molar-refractivity contribution is -0.116. The summed E-state index contributed by atoms with van der Waals surface area (Å²) in [5, 5.41) is 4.20. The van der Waals surface area contributed by atoms with E-state index in [4.69, 9.17) is 0 Å². The molecule has 3 nitrogen and oxygen atoms in total. The average Bonchev–Trinajstić information content (AvgIpc) is 2.92. The minimum atomic E-state index is 0.0745. The first-order chi connectivity index (χ1) is 10.7. The zero-order valence-corrected chi connectivity index (χ0v) is 12.7. The fourth-order valence-electron chi connectivity index (χ4n) is 2.63. The Balaban J connectivity index is 1.52. The van der Waals surface area contributed by atoms with Crippen molar-refractivity contribution in [3.05, 3.63) is 65.9 Å². The molecule has 112 valence electrons. The number of aryl methyl sites for hydroxylation is 2. The molecule has 2 aromatic carbocycles. The number of para-hydroxylation sites is 2. The standard InChI is InChI=1S/C19H20N2O/c1-14-7-2-4-10-17(14)21-19(22)12-6-9-16-13-15-8-3-5-11-18(15)20-16/h2-5,7-8,10-11,13,20H,6,9,12H2,1H3,(H,21,22). The number of H-pyrrole nitrogens is 1. The van der Waals surface area contributed by atoms with E-state index in [2.05, 4.69) is 28.5 Å². The molecule has 1 amide bonds. The minimum absolute atomic E-state index is 0.0745. The fourth-order valence-corrected chi connectivity index (χ4v) is 2.63. The Morgan fingerprint density at radius 1 is 1.09 bits per heavy atom. The van der Waals surface area contributed by atoms with Gasteiger partial charge in [-0.05, 0) is 48.9 Å². The van der Waals surface area contributed by atoms with Crippen molar-refractivity contribution in [2.75, 3.05) is 5.32 Å². The second-order valence-electron chi connectivity index (χ2n) is 5.60. The number of aromatic nitrogens is 1. The third kappa shape index (κ3) is 3.37. The van der Waals surface area contributed by atoms with Crippen LogP contribution in [0.5, 0.6) is 0 Å². The summed E-state index contributed by atoms with van der Waals surface area (Å²) in [5.74, 6) is 0.0745. The maximum atomic E-state index is 12.0. The van der Waals surface area contributed by atoms with Crippen LogP contribution in [-0.2, 0) is 11.2 Å². The van der Waals surface area contributed by atoms with E-state index < -0.39 is 0 Å². The Morgan fingerprint density at radius 3 is 2.68 bits per heavy atom. The zero-order valence-electron chi connectivity index (χ0n) is 12.7. The summed E-state index contributed by atoms with van der Waals surface area (Å²) >= 11 is 0. The summed E-state index contributed by atoms with van der Waals surface area (Å²) in [7, 11) is 0. The quantitative estimate of drug-likeness (QED) is 0.717. The van der Waals surface area contributed by atoms with Gasteiger partial charge in [0.25, 0.3) is 0 Å². The maximum Gasteiger partial charge on any atom is 0.224 e. The summed E-state index contributed by atoms with van der Waals surface area (Å²) in [4.78, 5) is 15.4. The first-order valence-electron chi connectivity index (χ1n) is 7.64. The van der Waals surface area contributed by atoms with Gasteiger partial charge in [0.2, 0.25) is 5.91 Å². The molecule has 0 bridgehead atoms. The lowest BCUT2D eigenvalue weighted by Crippen LogP contribution is -2.12. The molecule has 3 rings (SSSR count). The third-order valence-electron chi connectivity index (χ3n) is 3.85. The van der Waals surface area contributed by atoms with Gasteiger partial charge in [-0.1, -0.05) is 36.4 Å². The van der Waals surface area contributed by atoms with Crippen molar-refractivity contribution in [1.29, 1.82) is 0 Å². The highest BCUT2D eigenvalue weighted by atomic mass is 16.1. The van der Waals surface area contributed by atoms with Crippen LogP contribution in [0.3, 0.4) is 0 Å². The molecule has 0 spiro atoms. The van der Waals surface area contributed by atoms with Gasteiger partial charge < -0.3 is 10.3 Å². The molecular weight excluding hydrogens is 272 g/mol. The minimum Gasteiger partial charge on any atom is -0.358 e. The van der Waals surface area contributed by atoms with E-state index in [0.717, 1.165) is 29.6 Å². The number of anilines is 1. The summed E-state index contributed by atoms with van der Waals surface area (Å²) < 4.78 is 0. The number of fused-ring (bicyclic) bond motifs is 1. The van der Waals surface area contributed by atoms with E-state index in [-0.39, 0.29) is 5.91 Å². The largest absolute Gasteiger partial charge is 0.358 e. The van der Waals surface area contributed by atoms with Crippen molar-refractivity contribution >= 4 is 22.5 Å². The lowest BCUT2D eigenvalue weighted by Gasteiger charge is -2.07. The number of benzene rings is 2. The predicted octanol–water partition coefficient (Wildman–Crippen LogP) is 4.44. The topological polar surface area (TPSA) is 44.9 Å². The Hall–Kier alpha value is -2.55. The van der Waals surface area contributed by atoms with Gasteiger partial charge in [-0.15, -0.1) is 0 Å². The van der Waals surface area contributed by atoms with E-state index in [9.17, 15) is 4.79 Å². The Labute approximate surface area is 130 Å². The lowest BCUT2D eigenvalue weighted by atomic mass is 10.1. The molecule has 0 saturated carbocycles. The van der Waals surface area contributed by atoms with E-state index in [1.165, 1.54) is 11.1 Å². The van der Waals surface area contributed by atoms with Gasteiger partial charge in [0.05, 0.1) is 0 Å². The monoisotopic (exact) mass is 292 g/mol. The van der Waals surface area contributed by atoms with Crippen molar-refractivity contribution in [3.63, 3.8) is 0 Å². The molecular formula is C19H20N2O. The Bertz CT molecular complexity index is 756. The van der Waals surface area contributed by atoms with Crippen LogP contribution in [-0.4, -0.2) is 10.9 Å². The summed E-state index contributed by atoms with van der Waals surface area (Å²) in [5.41, 5.74) is 4.33. The van der Waals surface area contributed by atoms with E-state index in [1.54, 1.807) is 0 Å². The van der Waals surface area contributed by atoms with Crippen LogP contribution in [0.15, 0.2) is 54.6 Å². The van der Waals surface area contributed by atoms with Crippen LogP contribution < -0.4 is 5.32 Å². The second-order valence-corrected chi connectivity index (χ2v) is 5.60. The molecule has 3 heteroatoms. The Kier molecular flexibility index (Phi) is 4.24.